The molecule has 72 valence electrons. The lowest BCUT2D eigenvalue weighted by atomic mass is 10.2. The molecule has 0 spiro atoms. The summed E-state index contributed by atoms with van der Waals surface area (Å²) in [4.78, 5) is 11.3. The first-order valence-corrected chi connectivity index (χ1v) is 4.12. The van der Waals surface area contributed by atoms with Crippen LogP contribution in [0.25, 0.3) is 0 Å². The summed E-state index contributed by atoms with van der Waals surface area (Å²) in [5.41, 5.74) is 0. The van der Waals surface area contributed by atoms with E-state index in [-0.39, 0.29) is 10.4 Å². The number of aliphatic hydroxyl groups excluding tert-OH is 2. The fourth-order valence-corrected chi connectivity index (χ4v) is 1.15. The summed E-state index contributed by atoms with van der Waals surface area (Å²) >= 11 is 0. The van der Waals surface area contributed by atoms with Crippen LogP contribution in [0.15, 0.2) is 0 Å². The zero-order valence-electron chi connectivity index (χ0n) is 7.95. The van der Waals surface area contributed by atoms with Crippen LogP contribution < -0.4 is 0 Å². The van der Waals surface area contributed by atoms with Crippen LogP contribution in [0.3, 0.4) is 0 Å². The highest BCUT2D eigenvalue weighted by molar-refractivity contribution is 5.73. The van der Waals surface area contributed by atoms with E-state index in [1.54, 1.807) is 14.1 Å². The van der Waals surface area contributed by atoms with E-state index in [1.807, 2.05) is 6.92 Å². The van der Waals surface area contributed by atoms with Crippen LogP contribution in [-0.2, 0) is 4.79 Å². The lowest BCUT2D eigenvalue weighted by Gasteiger charge is -2.27. The molecule has 0 saturated carbocycles. The number of hydrogen-bond acceptors (Lipinski definition) is 3. The second kappa shape index (κ2) is 4.54. The number of rotatable bonds is 4. The predicted molar refractivity (Wildman–Crippen MR) is 45.4 cm³/mol. The number of aliphatic hydroxyl groups is 2. The summed E-state index contributed by atoms with van der Waals surface area (Å²) in [6.07, 6.45) is -0.372. The molecule has 0 aromatic heterocycles. The molecule has 1 atom stereocenters. The highest BCUT2D eigenvalue weighted by Crippen LogP contribution is 2.03. The lowest BCUT2D eigenvalue weighted by Crippen LogP contribution is -2.52. The Hall–Kier alpha value is -0.450. The molecule has 0 rings (SSSR count). The molecule has 0 radical (unpaired) electrons. The summed E-state index contributed by atoms with van der Waals surface area (Å²) in [5.74, 6) is -0.334. The molecule has 4 nitrogen and oxygen atoms in total. The number of nitrogens with zero attached hydrogens (tertiary/aromatic N) is 1. The minimum atomic E-state index is -1.24. The molecule has 0 aromatic carbocycles. The Kier molecular flexibility index (Phi) is 4.37. The summed E-state index contributed by atoms with van der Waals surface area (Å²) in [5, 5.41) is 17.6. The van der Waals surface area contributed by atoms with Gasteiger partial charge in [-0.25, -0.2) is 4.79 Å². The minimum Gasteiger partial charge on any atom is -0.393 e. The van der Waals surface area contributed by atoms with Crippen molar-refractivity contribution in [2.75, 3.05) is 27.2 Å². The van der Waals surface area contributed by atoms with E-state index in [2.05, 4.69) is 0 Å². The molecule has 0 fully saturated rings. The number of carbonyl (C=O) groups excluding carboxylic acids is 1. The third-order valence-electron chi connectivity index (χ3n) is 1.84. The fraction of sp³-hybridized carbons (Fsp3) is 0.875. The van der Waals surface area contributed by atoms with Crippen molar-refractivity contribution in [1.29, 1.82) is 0 Å². The Labute approximate surface area is 73.0 Å². The Morgan fingerprint density at radius 1 is 1.50 bits per heavy atom. The molecule has 0 aliphatic carbocycles. The van der Waals surface area contributed by atoms with Gasteiger partial charge in [-0.15, -0.1) is 0 Å². The van der Waals surface area contributed by atoms with Gasteiger partial charge in [0.05, 0.1) is 27.2 Å². The first kappa shape index (κ1) is 11.6. The number of amides is 1. The van der Waals surface area contributed by atoms with E-state index in [0.717, 1.165) is 6.42 Å². The van der Waals surface area contributed by atoms with Gasteiger partial charge in [0, 0.05) is 0 Å². The van der Waals surface area contributed by atoms with Crippen LogP contribution >= 0.6 is 0 Å². The van der Waals surface area contributed by atoms with Gasteiger partial charge in [0.2, 0.25) is 0 Å². The van der Waals surface area contributed by atoms with Crippen molar-refractivity contribution in [3.05, 3.63) is 0 Å². The maximum Gasteiger partial charge on any atom is 0.344 e. The van der Waals surface area contributed by atoms with Crippen molar-refractivity contribution in [1.82, 2.24) is 0 Å². The van der Waals surface area contributed by atoms with Crippen molar-refractivity contribution in [3.63, 3.8) is 0 Å². The number of likely N-dealkylation sites (N-methyl/N-ethyl adjacent to an activating group) is 1. The van der Waals surface area contributed by atoms with Crippen LogP contribution in [0.1, 0.15) is 13.3 Å². The average molecular weight is 176 g/mol. The van der Waals surface area contributed by atoms with Gasteiger partial charge in [-0.05, 0) is 6.42 Å². The molecule has 2 N–H and O–H groups in total. The van der Waals surface area contributed by atoms with Gasteiger partial charge in [0.15, 0.2) is 6.10 Å². The van der Waals surface area contributed by atoms with E-state index in [4.69, 9.17) is 10.2 Å². The predicted octanol–water partition coefficient (Wildman–Crippen LogP) is -0.647. The first-order chi connectivity index (χ1) is 5.45. The lowest BCUT2D eigenvalue weighted by molar-refractivity contribution is -0.815. The molecule has 4 heteroatoms. The average Bonchev–Trinajstić information content (AvgIpc) is 2.01. The standard InChI is InChI=1S/C8H18NO3/c1-4-5-9(2,3)8(12)7(11)6-10/h7,10-11H,4-6H2,1-3H3/q+1. The van der Waals surface area contributed by atoms with Crippen molar-refractivity contribution in [2.24, 2.45) is 0 Å². The summed E-state index contributed by atoms with van der Waals surface area (Å²) < 4.78 is 0.123. The summed E-state index contributed by atoms with van der Waals surface area (Å²) in [6.45, 7) is 2.15. The van der Waals surface area contributed by atoms with Gasteiger partial charge in [-0.2, -0.15) is 0 Å². The highest BCUT2D eigenvalue weighted by atomic mass is 16.3. The van der Waals surface area contributed by atoms with Crippen LogP contribution in [-0.4, -0.2) is 54.0 Å². The van der Waals surface area contributed by atoms with Gasteiger partial charge in [0.1, 0.15) is 0 Å². The zero-order valence-corrected chi connectivity index (χ0v) is 7.95. The van der Waals surface area contributed by atoms with Gasteiger partial charge in [0.25, 0.3) is 0 Å². The van der Waals surface area contributed by atoms with Crippen LogP contribution in [0, 0.1) is 0 Å². The SMILES string of the molecule is CCC[N+](C)(C)C(=O)C(O)CO. The van der Waals surface area contributed by atoms with E-state index in [9.17, 15) is 4.79 Å². The van der Waals surface area contributed by atoms with Crippen molar-refractivity contribution >= 4 is 5.91 Å². The molecule has 0 bridgehead atoms. The number of quaternary nitrogens is 1. The zero-order chi connectivity index (χ0) is 9.78. The van der Waals surface area contributed by atoms with Crippen LogP contribution in [0.2, 0.25) is 0 Å². The third-order valence-corrected chi connectivity index (χ3v) is 1.84. The molecule has 1 amide bonds. The molecule has 0 heterocycles. The molecule has 1 unspecified atom stereocenters. The van der Waals surface area contributed by atoms with Crippen molar-refractivity contribution < 1.29 is 19.5 Å². The Morgan fingerprint density at radius 2 is 2.00 bits per heavy atom. The van der Waals surface area contributed by atoms with E-state index in [0.29, 0.717) is 6.54 Å². The maximum atomic E-state index is 11.3. The molecule has 0 aromatic rings. The number of carbonyl (C=O) groups is 1. The van der Waals surface area contributed by atoms with Gasteiger partial charge >= 0.3 is 5.91 Å². The molecular formula is C8H18NO3+. The molecule has 0 aliphatic heterocycles. The van der Waals surface area contributed by atoms with Crippen LogP contribution in [0.4, 0.5) is 0 Å². The van der Waals surface area contributed by atoms with Gasteiger partial charge in [-0.3, -0.25) is 4.48 Å². The first-order valence-electron chi connectivity index (χ1n) is 4.12. The second-order valence-electron chi connectivity index (χ2n) is 3.45. The van der Waals surface area contributed by atoms with Crippen LogP contribution in [0.5, 0.6) is 0 Å². The van der Waals surface area contributed by atoms with E-state index >= 15 is 0 Å². The maximum absolute atomic E-state index is 11.3. The van der Waals surface area contributed by atoms with E-state index in [1.165, 1.54) is 0 Å². The Balaban J connectivity index is 4.24. The Morgan fingerprint density at radius 3 is 2.33 bits per heavy atom. The molecule has 12 heavy (non-hydrogen) atoms. The molecule has 0 saturated heterocycles. The van der Waals surface area contributed by atoms with E-state index < -0.39 is 12.7 Å². The summed E-state index contributed by atoms with van der Waals surface area (Å²) in [7, 11) is 3.45. The van der Waals surface area contributed by atoms with Crippen molar-refractivity contribution in [2.45, 2.75) is 19.4 Å². The van der Waals surface area contributed by atoms with Crippen molar-refractivity contribution in [3.8, 4) is 0 Å². The summed E-state index contributed by atoms with van der Waals surface area (Å²) in [6, 6.07) is 0. The molecule has 0 aliphatic rings. The molecular weight excluding hydrogens is 158 g/mol. The highest BCUT2D eigenvalue weighted by Gasteiger charge is 2.31. The second-order valence-corrected chi connectivity index (χ2v) is 3.45. The minimum absolute atomic E-state index is 0.123. The third kappa shape index (κ3) is 2.89. The quantitative estimate of drug-likeness (QED) is 0.560. The fourth-order valence-electron chi connectivity index (χ4n) is 1.15. The van der Waals surface area contributed by atoms with Gasteiger partial charge in [-0.1, -0.05) is 6.92 Å². The topological polar surface area (TPSA) is 57.5 Å². The monoisotopic (exact) mass is 176 g/mol. The smallest absolute Gasteiger partial charge is 0.344 e. The Bertz CT molecular complexity index is 156. The number of hydrogen-bond donors (Lipinski definition) is 2. The largest absolute Gasteiger partial charge is 0.393 e. The van der Waals surface area contributed by atoms with Gasteiger partial charge < -0.3 is 10.2 Å². The normalized spacial score (nSPS) is 14.4.